The van der Waals surface area contributed by atoms with Gasteiger partial charge in [-0.15, -0.1) is 6.58 Å². The van der Waals surface area contributed by atoms with E-state index in [4.69, 9.17) is 4.74 Å². The summed E-state index contributed by atoms with van der Waals surface area (Å²) in [5.41, 5.74) is 1.05. The zero-order valence-electron chi connectivity index (χ0n) is 13.0. The maximum atomic E-state index is 11.5. The van der Waals surface area contributed by atoms with Gasteiger partial charge < -0.3 is 4.74 Å². The highest BCUT2D eigenvalue weighted by molar-refractivity contribution is 5.66. The Balaban J connectivity index is 3.17. The molecule has 2 heteroatoms. The number of hydrogen-bond acceptors (Lipinski definition) is 2. The van der Waals surface area contributed by atoms with Gasteiger partial charge in [0.15, 0.2) is 0 Å². The highest BCUT2D eigenvalue weighted by Crippen LogP contribution is 2.50. The fraction of sp³-hybridized carbons (Fsp3) is 0.706. The highest BCUT2D eigenvalue weighted by Gasteiger charge is 2.47. The second kappa shape index (κ2) is 5.94. The molecule has 1 saturated carbocycles. The van der Waals surface area contributed by atoms with E-state index < -0.39 is 0 Å². The van der Waals surface area contributed by atoms with Gasteiger partial charge in [-0.2, -0.15) is 0 Å². The molecule has 0 saturated heterocycles. The minimum absolute atomic E-state index is 0.0304. The van der Waals surface area contributed by atoms with Crippen molar-refractivity contribution < 1.29 is 9.53 Å². The SMILES string of the molecule is C=CC1(C)CCC(C(C)C)C(OC(C)=O)C1C(=C)C. The van der Waals surface area contributed by atoms with Crippen molar-refractivity contribution in [2.24, 2.45) is 23.2 Å². The number of hydrogen-bond donors (Lipinski definition) is 0. The molecule has 1 fully saturated rings. The Labute approximate surface area is 117 Å². The zero-order chi connectivity index (χ0) is 14.8. The number of esters is 1. The molecule has 19 heavy (non-hydrogen) atoms. The fourth-order valence-electron chi connectivity index (χ4n) is 3.55. The second-order valence-corrected chi connectivity index (χ2v) is 6.55. The molecule has 0 spiro atoms. The number of rotatable bonds is 4. The molecule has 0 N–H and O–H groups in total. The van der Waals surface area contributed by atoms with E-state index in [1.54, 1.807) is 0 Å². The third-order valence-corrected chi connectivity index (χ3v) is 4.63. The summed E-state index contributed by atoms with van der Waals surface area (Å²) in [4.78, 5) is 11.5. The third-order valence-electron chi connectivity index (χ3n) is 4.63. The van der Waals surface area contributed by atoms with E-state index in [1.807, 2.05) is 13.0 Å². The normalized spacial score (nSPS) is 34.9. The van der Waals surface area contributed by atoms with E-state index in [1.165, 1.54) is 6.92 Å². The quantitative estimate of drug-likeness (QED) is 0.557. The van der Waals surface area contributed by atoms with Crippen molar-refractivity contribution in [1.29, 1.82) is 0 Å². The molecule has 1 rings (SSSR count). The van der Waals surface area contributed by atoms with Gasteiger partial charge in [-0.05, 0) is 37.0 Å². The van der Waals surface area contributed by atoms with E-state index >= 15 is 0 Å². The smallest absolute Gasteiger partial charge is 0.302 e. The van der Waals surface area contributed by atoms with Crippen molar-refractivity contribution in [1.82, 2.24) is 0 Å². The van der Waals surface area contributed by atoms with Crippen molar-refractivity contribution in [3.8, 4) is 0 Å². The first kappa shape index (κ1) is 16.0. The standard InChI is InChI=1S/C17H28O2/c1-8-17(7)10-9-14(11(2)3)16(19-13(6)18)15(17)12(4)5/h8,11,14-16H,1,4,9-10H2,2-3,5-7H3. The second-order valence-electron chi connectivity index (χ2n) is 6.55. The number of carbonyl (C=O) groups excluding carboxylic acids is 1. The summed E-state index contributed by atoms with van der Waals surface area (Å²) in [7, 11) is 0. The monoisotopic (exact) mass is 264 g/mol. The zero-order valence-corrected chi connectivity index (χ0v) is 13.0. The predicted octanol–water partition coefficient (Wildman–Crippen LogP) is 4.37. The van der Waals surface area contributed by atoms with E-state index in [-0.39, 0.29) is 23.4 Å². The molecule has 0 heterocycles. The molecule has 1 aliphatic carbocycles. The van der Waals surface area contributed by atoms with Gasteiger partial charge in [0.25, 0.3) is 0 Å². The van der Waals surface area contributed by atoms with Gasteiger partial charge in [0, 0.05) is 12.8 Å². The van der Waals surface area contributed by atoms with Crippen LogP contribution in [0.3, 0.4) is 0 Å². The van der Waals surface area contributed by atoms with Crippen LogP contribution in [0.5, 0.6) is 0 Å². The summed E-state index contributed by atoms with van der Waals surface area (Å²) in [5.74, 6) is 0.865. The number of allylic oxidation sites excluding steroid dienone is 1. The average Bonchev–Trinajstić information content (AvgIpc) is 2.27. The van der Waals surface area contributed by atoms with Gasteiger partial charge >= 0.3 is 5.97 Å². The molecule has 108 valence electrons. The lowest BCUT2D eigenvalue weighted by molar-refractivity contribution is -0.159. The summed E-state index contributed by atoms with van der Waals surface area (Å²) in [5, 5.41) is 0. The van der Waals surface area contributed by atoms with Crippen LogP contribution < -0.4 is 0 Å². The molecular weight excluding hydrogens is 236 g/mol. The Hall–Kier alpha value is -1.05. The summed E-state index contributed by atoms with van der Waals surface area (Å²) in [6.45, 7) is 18.3. The van der Waals surface area contributed by atoms with Gasteiger partial charge in [-0.3, -0.25) is 4.79 Å². The van der Waals surface area contributed by atoms with E-state index in [0.717, 1.165) is 18.4 Å². The maximum absolute atomic E-state index is 11.5. The summed E-state index contributed by atoms with van der Waals surface area (Å²) >= 11 is 0. The molecule has 1 aliphatic rings. The lowest BCUT2D eigenvalue weighted by Crippen LogP contribution is -2.48. The van der Waals surface area contributed by atoms with Gasteiger partial charge in [0.05, 0.1) is 0 Å². The van der Waals surface area contributed by atoms with Crippen LogP contribution in [0.15, 0.2) is 24.8 Å². The molecule has 4 unspecified atom stereocenters. The van der Waals surface area contributed by atoms with Crippen LogP contribution in [0.4, 0.5) is 0 Å². The molecule has 2 nitrogen and oxygen atoms in total. The first-order valence-electron chi connectivity index (χ1n) is 7.19. The van der Waals surface area contributed by atoms with Crippen LogP contribution in [-0.4, -0.2) is 12.1 Å². The highest BCUT2D eigenvalue weighted by atomic mass is 16.5. The molecule has 0 amide bonds. The van der Waals surface area contributed by atoms with E-state index in [9.17, 15) is 4.79 Å². The van der Waals surface area contributed by atoms with Gasteiger partial charge in [0.1, 0.15) is 6.10 Å². The average molecular weight is 264 g/mol. The van der Waals surface area contributed by atoms with E-state index in [0.29, 0.717) is 11.8 Å². The molecule has 0 radical (unpaired) electrons. The lowest BCUT2D eigenvalue weighted by atomic mass is 9.59. The minimum Gasteiger partial charge on any atom is -0.462 e. The largest absolute Gasteiger partial charge is 0.462 e. The van der Waals surface area contributed by atoms with Crippen molar-refractivity contribution >= 4 is 5.97 Å². The van der Waals surface area contributed by atoms with Crippen molar-refractivity contribution in [3.05, 3.63) is 24.8 Å². The Bertz CT molecular complexity index is 369. The lowest BCUT2D eigenvalue weighted by Gasteiger charge is -2.49. The third kappa shape index (κ3) is 3.29. The fourth-order valence-corrected chi connectivity index (χ4v) is 3.55. The molecule has 0 aliphatic heterocycles. The van der Waals surface area contributed by atoms with Crippen molar-refractivity contribution in [2.45, 2.75) is 53.6 Å². The molecule has 0 aromatic carbocycles. The van der Waals surface area contributed by atoms with Crippen LogP contribution in [0.1, 0.15) is 47.5 Å². The van der Waals surface area contributed by atoms with Crippen molar-refractivity contribution in [2.75, 3.05) is 0 Å². The first-order chi connectivity index (χ1) is 8.73. The van der Waals surface area contributed by atoms with Gasteiger partial charge in [-0.25, -0.2) is 0 Å². The van der Waals surface area contributed by atoms with Crippen LogP contribution in [0, 0.1) is 23.2 Å². The predicted molar refractivity (Wildman–Crippen MR) is 79.7 cm³/mol. The number of carbonyl (C=O) groups is 1. The Kier molecular flexibility index (Phi) is 5.00. The van der Waals surface area contributed by atoms with Crippen LogP contribution in [-0.2, 0) is 9.53 Å². The van der Waals surface area contributed by atoms with Gasteiger partial charge in [0.2, 0.25) is 0 Å². The molecule has 0 bridgehead atoms. The summed E-state index contributed by atoms with van der Waals surface area (Å²) < 4.78 is 5.69. The Morgan fingerprint density at radius 1 is 1.42 bits per heavy atom. The Morgan fingerprint density at radius 2 is 2.00 bits per heavy atom. The van der Waals surface area contributed by atoms with Crippen LogP contribution in [0.25, 0.3) is 0 Å². The topological polar surface area (TPSA) is 26.3 Å². The molecule has 0 aromatic rings. The maximum Gasteiger partial charge on any atom is 0.302 e. The van der Waals surface area contributed by atoms with Crippen molar-refractivity contribution in [3.63, 3.8) is 0 Å². The van der Waals surface area contributed by atoms with Gasteiger partial charge in [-0.1, -0.05) is 39.0 Å². The van der Waals surface area contributed by atoms with Crippen LogP contribution in [0.2, 0.25) is 0 Å². The van der Waals surface area contributed by atoms with Crippen LogP contribution >= 0.6 is 0 Å². The Morgan fingerprint density at radius 3 is 2.37 bits per heavy atom. The number of ether oxygens (including phenoxy) is 1. The summed E-state index contributed by atoms with van der Waals surface area (Å²) in [6.07, 6.45) is 4.09. The minimum atomic E-state index is -0.199. The molecule has 0 aromatic heterocycles. The molecular formula is C17H28O2. The van der Waals surface area contributed by atoms with E-state index in [2.05, 4.69) is 33.9 Å². The molecule has 4 atom stereocenters. The first-order valence-corrected chi connectivity index (χ1v) is 7.19. The summed E-state index contributed by atoms with van der Waals surface area (Å²) in [6, 6.07) is 0.